The first-order valence-electron chi connectivity index (χ1n) is 14.7. The topological polar surface area (TPSA) is 79.6 Å². The molecule has 0 saturated carbocycles. The molecule has 4 heterocycles. The Bertz CT molecular complexity index is 1600. The summed E-state index contributed by atoms with van der Waals surface area (Å²) in [5.74, 6) is 1.44. The van der Waals surface area contributed by atoms with Crippen LogP contribution in [0.3, 0.4) is 0 Å². The second-order valence-corrected chi connectivity index (χ2v) is 12.0. The number of benzene rings is 2. The molecule has 0 amide bonds. The molecule has 7 rings (SSSR count). The molecule has 0 atom stereocenters. The lowest BCUT2D eigenvalue weighted by Gasteiger charge is -2.15. The first-order chi connectivity index (χ1) is 20.3. The Kier molecular flexibility index (Phi) is 7.53. The van der Waals surface area contributed by atoms with Crippen LogP contribution in [0, 0.1) is 0 Å². The number of pyridine rings is 1. The number of likely N-dealkylation sites (tertiary alicyclic amines) is 1. The Labute approximate surface area is 244 Å². The monoisotopic (exact) mass is 565 g/mol. The first-order valence-corrected chi connectivity index (χ1v) is 15.5. The van der Waals surface area contributed by atoms with E-state index in [1.165, 1.54) is 55.8 Å². The third-order valence-electron chi connectivity index (χ3n) is 7.84. The van der Waals surface area contributed by atoms with Gasteiger partial charge in [0.05, 0.1) is 17.9 Å². The molecule has 210 valence electrons. The van der Waals surface area contributed by atoms with Crippen LogP contribution in [0.5, 0.6) is 5.75 Å². The van der Waals surface area contributed by atoms with Gasteiger partial charge in [-0.25, -0.2) is 9.50 Å². The van der Waals surface area contributed by atoms with Crippen LogP contribution in [0.2, 0.25) is 0 Å². The minimum absolute atomic E-state index is 0.558. The second-order valence-electron chi connectivity index (χ2n) is 10.8. The van der Waals surface area contributed by atoms with Gasteiger partial charge in [-0.05, 0) is 100 Å². The fourth-order valence-corrected chi connectivity index (χ4v) is 6.78. The highest BCUT2D eigenvalue weighted by Gasteiger charge is 2.15. The number of thiazole rings is 1. The smallest absolute Gasteiger partial charge is 0.247 e. The predicted molar refractivity (Wildman–Crippen MR) is 165 cm³/mol. The number of nitrogens with zero attached hydrogens (tertiary/aromatic N) is 5. The molecule has 1 saturated heterocycles. The quantitative estimate of drug-likeness (QED) is 0.198. The van der Waals surface area contributed by atoms with Gasteiger partial charge in [0, 0.05) is 28.4 Å². The van der Waals surface area contributed by atoms with Gasteiger partial charge in [0.2, 0.25) is 5.95 Å². The van der Waals surface area contributed by atoms with Crippen molar-refractivity contribution < 1.29 is 4.74 Å². The van der Waals surface area contributed by atoms with Crippen molar-refractivity contribution >= 4 is 34.3 Å². The van der Waals surface area contributed by atoms with Crippen LogP contribution in [-0.2, 0) is 19.4 Å². The number of hydrogen-bond acceptors (Lipinski definition) is 8. The van der Waals surface area contributed by atoms with Crippen molar-refractivity contribution in [3.8, 4) is 17.0 Å². The van der Waals surface area contributed by atoms with Crippen LogP contribution in [0.4, 0.5) is 17.3 Å². The lowest BCUT2D eigenvalue weighted by molar-refractivity contribution is 0.238. The second kappa shape index (κ2) is 11.9. The molecule has 1 aliphatic heterocycles. The molecule has 0 unspecified atom stereocenters. The maximum Gasteiger partial charge on any atom is 0.247 e. The zero-order valence-electron chi connectivity index (χ0n) is 23.2. The van der Waals surface area contributed by atoms with Crippen molar-refractivity contribution in [1.29, 1.82) is 0 Å². The normalized spacial score (nSPS) is 15.2. The third-order valence-corrected chi connectivity index (χ3v) is 8.99. The fourth-order valence-electron chi connectivity index (χ4n) is 5.69. The van der Waals surface area contributed by atoms with E-state index in [0.29, 0.717) is 12.6 Å². The van der Waals surface area contributed by atoms with E-state index in [-0.39, 0.29) is 0 Å². The van der Waals surface area contributed by atoms with Crippen molar-refractivity contribution in [3.05, 3.63) is 82.3 Å². The Morgan fingerprint density at radius 1 is 0.854 bits per heavy atom. The van der Waals surface area contributed by atoms with Gasteiger partial charge in [-0.2, -0.15) is 4.98 Å². The van der Waals surface area contributed by atoms with E-state index in [0.717, 1.165) is 58.5 Å². The largest absolute Gasteiger partial charge is 0.492 e. The summed E-state index contributed by atoms with van der Waals surface area (Å²) in [7, 11) is 0. The van der Waals surface area contributed by atoms with Gasteiger partial charge in [0.1, 0.15) is 17.4 Å². The molecule has 2 aliphatic rings. The van der Waals surface area contributed by atoms with Crippen molar-refractivity contribution in [1.82, 2.24) is 24.5 Å². The highest BCUT2D eigenvalue weighted by atomic mass is 32.1. The molecule has 1 aliphatic carbocycles. The summed E-state index contributed by atoms with van der Waals surface area (Å²) in [5, 5.41) is 12.9. The molecule has 8 nitrogen and oxygen atoms in total. The summed E-state index contributed by atoms with van der Waals surface area (Å²) in [6.07, 6.45) is 7.46. The Balaban J connectivity index is 1.02. The minimum atomic E-state index is 0.558. The summed E-state index contributed by atoms with van der Waals surface area (Å²) >= 11 is 1.86. The van der Waals surface area contributed by atoms with Crippen LogP contribution in [0.15, 0.2) is 66.7 Å². The van der Waals surface area contributed by atoms with E-state index < -0.39 is 0 Å². The molecular weight excluding hydrogens is 530 g/mol. The minimum Gasteiger partial charge on any atom is -0.492 e. The van der Waals surface area contributed by atoms with Gasteiger partial charge in [-0.15, -0.1) is 16.4 Å². The van der Waals surface area contributed by atoms with E-state index >= 15 is 0 Å². The first kappa shape index (κ1) is 26.0. The lowest BCUT2D eigenvalue weighted by Crippen LogP contribution is -2.25. The molecule has 2 aromatic carbocycles. The number of anilines is 3. The Morgan fingerprint density at radius 3 is 2.59 bits per heavy atom. The molecule has 9 heteroatoms. The molecule has 1 fully saturated rings. The van der Waals surface area contributed by atoms with Crippen molar-refractivity contribution in [2.45, 2.75) is 45.1 Å². The lowest BCUT2D eigenvalue weighted by atomic mass is 10.0. The average Bonchev–Trinajstić information content (AvgIpc) is 3.76. The molecule has 0 spiro atoms. The van der Waals surface area contributed by atoms with E-state index in [1.807, 2.05) is 52.3 Å². The predicted octanol–water partition coefficient (Wildman–Crippen LogP) is 6.56. The van der Waals surface area contributed by atoms with Crippen LogP contribution >= 0.6 is 11.3 Å². The number of hydrogen-bond donors (Lipinski definition) is 2. The molecule has 3 aromatic heterocycles. The molecule has 0 bridgehead atoms. The number of aryl methyl sites for hydroxylation is 2. The van der Waals surface area contributed by atoms with Crippen LogP contribution < -0.4 is 15.4 Å². The van der Waals surface area contributed by atoms with E-state index in [2.05, 4.69) is 45.9 Å². The van der Waals surface area contributed by atoms with Gasteiger partial charge >= 0.3 is 0 Å². The number of nitrogens with one attached hydrogen (secondary N) is 2. The van der Waals surface area contributed by atoms with Crippen LogP contribution in [-0.4, -0.2) is 50.7 Å². The van der Waals surface area contributed by atoms with Crippen molar-refractivity contribution in [2.24, 2.45) is 0 Å². The zero-order chi connectivity index (χ0) is 27.4. The number of rotatable bonds is 10. The van der Waals surface area contributed by atoms with Gasteiger partial charge in [-0.1, -0.05) is 18.2 Å². The van der Waals surface area contributed by atoms with E-state index in [1.54, 1.807) is 0 Å². The van der Waals surface area contributed by atoms with E-state index in [4.69, 9.17) is 19.8 Å². The molecule has 41 heavy (non-hydrogen) atoms. The summed E-state index contributed by atoms with van der Waals surface area (Å²) in [6.45, 7) is 4.83. The summed E-state index contributed by atoms with van der Waals surface area (Å²) in [5.41, 5.74) is 6.15. The SMILES string of the molecule is c1cc(NCc2nc3c(s2)CCCC3)cc(-c2cccc3nc(Nc4ccc(OCCN5CCCC5)cc4)nn23)c1. The number of ether oxygens (including phenoxy) is 1. The maximum atomic E-state index is 5.94. The summed E-state index contributed by atoms with van der Waals surface area (Å²) in [4.78, 5) is 13.5. The zero-order valence-corrected chi connectivity index (χ0v) is 24.0. The summed E-state index contributed by atoms with van der Waals surface area (Å²) < 4.78 is 7.84. The molecule has 0 radical (unpaired) electrons. The standard InChI is InChI=1S/C32H35N7OS/c1-2-11-29-27(9-1)35-31(41-29)22-33-25-8-5-7-23(21-25)28-10-6-12-30-36-32(37-39(28)30)34-24-13-15-26(16-14-24)40-20-19-38-17-3-4-18-38/h5-8,10,12-16,21,33H,1-4,9,11,17-20,22H2,(H,34,37). The van der Waals surface area contributed by atoms with Crippen molar-refractivity contribution in [3.63, 3.8) is 0 Å². The van der Waals surface area contributed by atoms with Crippen molar-refractivity contribution in [2.75, 3.05) is 36.9 Å². The molecule has 5 aromatic rings. The Morgan fingerprint density at radius 2 is 1.71 bits per heavy atom. The average molecular weight is 566 g/mol. The summed E-state index contributed by atoms with van der Waals surface area (Å²) in [6, 6.07) is 22.5. The fraction of sp³-hybridized carbons (Fsp3) is 0.344. The number of aromatic nitrogens is 4. The van der Waals surface area contributed by atoms with Crippen LogP contribution in [0.1, 0.15) is 41.3 Å². The Hall–Kier alpha value is -3.95. The van der Waals surface area contributed by atoms with Gasteiger partial charge in [0.15, 0.2) is 5.65 Å². The van der Waals surface area contributed by atoms with Crippen LogP contribution in [0.25, 0.3) is 16.9 Å². The van der Waals surface area contributed by atoms with Gasteiger partial charge < -0.3 is 15.4 Å². The highest BCUT2D eigenvalue weighted by molar-refractivity contribution is 7.11. The van der Waals surface area contributed by atoms with E-state index in [9.17, 15) is 0 Å². The molecular formula is C32H35N7OS. The third kappa shape index (κ3) is 6.06. The number of fused-ring (bicyclic) bond motifs is 2. The maximum absolute atomic E-state index is 5.94. The van der Waals surface area contributed by atoms with Gasteiger partial charge in [0.25, 0.3) is 0 Å². The van der Waals surface area contributed by atoms with Gasteiger partial charge in [-0.3, -0.25) is 4.90 Å². The molecule has 2 N–H and O–H groups in total. The highest BCUT2D eigenvalue weighted by Crippen LogP contribution is 2.28.